The molecular formula is C19H20O4. The van der Waals surface area contributed by atoms with Crippen LogP contribution in [0.1, 0.15) is 37.7 Å². The highest BCUT2D eigenvalue weighted by molar-refractivity contribution is 6.22. The van der Waals surface area contributed by atoms with E-state index in [1.165, 1.54) is 0 Å². The standard InChI is InChI=1S/C19H20O4/c20-18-15-9-8-14(23-19(21)13-6-7-13)10-17(15)22-11-16(18)12-4-2-1-3-5-12/h1-5,11,13-15,17H,6-10H2. The summed E-state index contributed by atoms with van der Waals surface area (Å²) in [4.78, 5) is 24.5. The zero-order valence-corrected chi connectivity index (χ0v) is 12.9. The van der Waals surface area contributed by atoms with Crippen LogP contribution in [0.2, 0.25) is 0 Å². The van der Waals surface area contributed by atoms with Gasteiger partial charge >= 0.3 is 5.97 Å². The lowest BCUT2D eigenvalue weighted by Crippen LogP contribution is -2.42. The summed E-state index contributed by atoms with van der Waals surface area (Å²) in [6.45, 7) is 0. The Morgan fingerprint density at radius 2 is 1.87 bits per heavy atom. The number of esters is 1. The van der Waals surface area contributed by atoms with E-state index in [4.69, 9.17) is 9.47 Å². The van der Waals surface area contributed by atoms with Crippen LogP contribution in [0.3, 0.4) is 0 Å². The van der Waals surface area contributed by atoms with Crippen LogP contribution in [0.5, 0.6) is 0 Å². The molecule has 0 aromatic heterocycles. The molecule has 4 rings (SSSR count). The average molecular weight is 312 g/mol. The molecule has 1 aromatic carbocycles. The Balaban J connectivity index is 1.45. The Kier molecular flexibility index (Phi) is 3.68. The molecule has 0 saturated heterocycles. The van der Waals surface area contributed by atoms with Gasteiger partial charge in [-0.1, -0.05) is 30.3 Å². The summed E-state index contributed by atoms with van der Waals surface area (Å²) in [5.41, 5.74) is 1.55. The lowest BCUT2D eigenvalue weighted by molar-refractivity contribution is -0.156. The van der Waals surface area contributed by atoms with Crippen molar-refractivity contribution in [3.8, 4) is 0 Å². The Bertz CT molecular complexity index is 645. The van der Waals surface area contributed by atoms with E-state index in [1.807, 2.05) is 30.3 Å². The van der Waals surface area contributed by atoms with Crippen LogP contribution in [0, 0.1) is 11.8 Å². The van der Waals surface area contributed by atoms with Crippen molar-refractivity contribution >= 4 is 17.3 Å². The van der Waals surface area contributed by atoms with Crippen molar-refractivity contribution in [2.75, 3.05) is 0 Å². The summed E-state index contributed by atoms with van der Waals surface area (Å²) in [6, 6.07) is 9.63. The summed E-state index contributed by atoms with van der Waals surface area (Å²) in [6.07, 6.45) is 5.31. The number of hydrogen-bond donors (Lipinski definition) is 0. The summed E-state index contributed by atoms with van der Waals surface area (Å²) in [7, 11) is 0. The quantitative estimate of drug-likeness (QED) is 0.805. The fourth-order valence-corrected chi connectivity index (χ4v) is 3.47. The predicted molar refractivity (Wildman–Crippen MR) is 84.2 cm³/mol. The highest BCUT2D eigenvalue weighted by Gasteiger charge is 2.42. The maximum absolute atomic E-state index is 12.8. The molecule has 23 heavy (non-hydrogen) atoms. The molecule has 0 spiro atoms. The molecular weight excluding hydrogens is 292 g/mol. The second-order valence-corrected chi connectivity index (χ2v) is 6.69. The number of rotatable bonds is 3. The first-order valence-electron chi connectivity index (χ1n) is 8.38. The van der Waals surface area contributed by atoms with Crippen molar-refractivity contribution in [1.82, 2.24) is 0 Å². The van der Waals surface area contributed by atoms with Crippen molar-refractivity contribution in [3.05, 3.63) is 42.2 Å². The van der Waals surface area contributed by atoms with Gasteiger partial charge in [0, 0.05) is 6.42 Å². The van der Waals surface area contributed by atoms with Gasteiger partial charge in [0.1, 0.15) is 12.2 Å². The summed E-state index contributed by atoms with van der Waals surface area (Å²) in [5.74, 6) is 0.0767. The van der Waals surface area contributed by atoms with E-state index in [2.05, 4.69) is 0 Å². The van der Waals surface area contributed by atoms with Crippen molar-refractivity contribution < 1.29 is 19.1 Å². The number of carbonyl (C=O) groups excluding carboxylic acids is 2. The Morgan fingerprint density at radius 3 is 2.61 bits per heavy atom. The van der Waals surface area contributed by atoms with E-state index in [0.29, 0.717) is 12.0 Å². The minimum atomic E-state index is -0.166. The number of hydrogen-bond acceptors (Lipinski definition) is 4. The van der Waals surface area contributed by atoms with Crippen LogP contribution in [0.15, 0.2) is 36.6 Å². The number of ketones is 1. The number of allylic oxidation sites excluding steroid dienone is 1. The SMILES string of the molecule is O=C(OC1CCC2C(=O)C(c3ccccc3)=COC2C1)C1CC1. The van der Waals surface area contributed by atoms with E-state index >= 15 is 0 Å². The third-order valence-electron chi connectivity index (χ3n) is 4.98. The first-order valence-corrected chi connectivity index (χ1v) is 8.38. The normalized spacial score (nSPS) is 30.0. The molecule has 2 saturated carbocycles. The van der Waals surface area contributed by atoms with Gasteiger partial charge in [-0.25, -0.2) is 0 Å². The molecule has 3 aliphatic rings. The van der Waals surface area contributed by atoms with Crippen LogP contribution in [-0.2, 0) is 19.1 Å². The summed E-state index contributed by atoms with van der Waals surface area (Å²) < 4.78 is 11.4. The van der Waals surface area contributed by atoms with Crippen molar-refractivity contribution in [3.63, 3.8) is 0 Å². The van der Waals surface area contributed by atoms with Crippen LogP contribution in [0.25, 0.3) is 5.57 Å². The molecule has 1 aromatic rings. The number of Topliss-reactive ketones (excluding diaryl/α,β-unsaturated/α-hetero) is 1. The van der Waals surface area contributed by atoms with Crippen LogP contribution < -0.4 is 0 Å². The minimum absolute atomic E-state index is 0.0731. The zero-order chi connectivity index (χ0) is 15.8. The minimum Gasteiger partial charge on any atom is -0.496 e. The molecule has 2 aliphatic carbocycles. The van der Waals surface area contributed by atoms with Crippen molar-refractivity contribution in [2.24, 2.45) is 11.8 Å². The molecule has 0 amide bonds. The van der Waals surface area contributed by atoms with Crippen molar-refractivity contribution in [2.45, 2.75) is 44.3 Å². The highest BCUT2D eigenvalue weighted by atomic mass is 16.5. The summed E-state index contributed by atoms with van der Waals surface area (Å²) >= 11 is 0. The molecule has 2 fully saturated rings. The molecule has 0 bridgehead atoms. The topological polar surface area (TPSA) is 52.6 Å². The molecule has 120 valence electrons. The second kappa shape index (κ2) is 5.84. The number of ether oxygens (including phenoxy) is 2. The third-order valence-corrected chi connectivity index (χ3v) is 4.98. The fourth-order valence-electron chi connectivity index (χ4n) is 3.47. The van der Waals surface area contributed by atoms with Gasteiger partial charge in [0.05, 0.1) is 23.7 Å². The van der Waals surface area contributed by atoms with Gasteiger partial charge in [-0.15, -0.1) is 0 Å². The van der Waals surface area contributed by atoms with Gasteiger partial charge < -0.3 is 9.47 Å². The van der Waals surface area contributed by atoms with Gasteiger partial charge in [-0.3, -0.25) is 9.59 Å². The maximum atomic E-state index is 12.8. The average Bonchev–Trinajstić information content (AvgIpc) is 3.41. The van der Waals surface area contributed by atoms with Gasteiger partial charge in [-0.2, -0.15) is 0 Å². The van der Waals surface area contributed by atoms with E-state index in [-0.39, 0.29) is 35.8 Å². The first-order chi connectivity index (χ1) is 11.2. The number of fused-ring (bicyclic) bond motifs is 1. The van der Waals surface area contributed by atoms with E-state index in [1.54, 1.807) is 6.26 Å². The third kappa shape index (κ3) is 2.90. The van der Waals surface area contributed by atoms with Crippen LogP contribution >= 0.6 is 0 Å². The Hall–Kier alpha value is -2.10. The van der Waals surface area contributed by atoms with Crippen LogP contribution in [-0.4, -0.2) is 24.0 Å². The highest BCUT2D eigenvalue weighted by Crippen LogP contribution is 2.38. The smallest absolute Gasteiger partial charge is 0.309 e. The van der Waals surface area contributed by atoms with Gasteiger partial charge in [-0.05, 0) is 31.2 Å². The van der Waals surface area contributed by atoms with E-state index in [9.17, 15) is 9.59 Å². The monoisotopic (exact) mass is 312 g/mol. The molecule has 3 unspecified atom stereocenters. The lowest BCUT2D eigenvalue weighted by Gasteiger charge is -2.37. The summed E-state index contributed by atoms with van der Waals surface area (Å²) in [5, 5.41) is 0. The van der Waals surface area contributed by atoms with Gasteiger partial charge in [0.2, 0.25) is 0 Å². The Labute approximate surface area is 135 Å². The molecule has 3 atom stereocenters. The predicted octanol–water partition coefficient (Wildman–Crippen LogP) is 3.12. The fraction of sp³-hybridized carbons (Fsp3) is 0.474. The maximum Gasteiger partial charge on any atom is 0.309 e. The van der Waals surface area contributed by atoms with Gasteiger partial charge in [0.25, 0.3) is 0 Å². The van der Waals surface area contributed by atoms with E-state index < -0.39 is 0 Å². The molecule has 0 N–H and O–H groups in total. The molecule has 4 nitrogen and oxygen atoms in total. The Morgan fingerprint density at radius 1 is 1.09 bits per heavy atom. The molecule has 1 aliphatic heterocycles. The second-order valence-electron chi connectivity index (χ2n) is 6.69. The molecule has 4 heteroatoms. The van der Waals surface area contributed by atoms with Crippen molar-refractivity contribution in [1.29, 1.82) is 0 Å². The number of benzene rings is 1. The van der Waals surface area contributed by atoms with Gasteiger partial charge in [0.15, 0.2) is 5.78 Å². The largest absolute Gasteiger partial charge is 0.496 e. The first kappa shape index (κ1) is 14.5. The zero-order valence-electron chi connectivity index (χ0n) is 12.9. The molecule has 1 heterocycles. The number of carbonyl (C=O) groups is 2. The molecule has 0 radical (unpaired) electrons. The van der Waals surface area contributed by atoms with Crippen LogP contribution in [0.4, 0.5) is 0 Å². The van der Waals surface area contributed by atoms with E-state index in [0.717, 1.165) is 31.2 Å². The lowest BCUT2D eigenvalue weighted by atomic mass is 9.78.